The predicted octanol–water partition coefficient (Wildman–Crippen LogP) is 13.5. The largest absolute Gasteiger partial charge is 0.456 e. The summed E-state index contributed by atoms with van der Waals surface area (Å²) >= 11 is 0. The second kappa shape index (κ2) is 14.6. The lowest BCUT2D eigenvalue weighted by atomic mass is 9.96. The molecule has 0 spiro atoms. The minimum atomic E-state index is 0.558. The van der Waals surface area contributed by atoms with Gasteiger partial charge in [-0.1, -0.05) is 158 Å². The van der Waals surface area contributed by atoms with Gasteiger partial charge < -0.3 is 8.83 Å². The zero-order valence-electron chi connectivity index (χ0n) is 33.0. The molecule has 0 unspecified atom stereocenters. The molecular weight excluding hydrogens is 765 g/mol. The first-order chi connectivity index (χ1) is 30.7. The Balaban J connectivity index is 1.06. The Labute approximate surface area is 354 Å². The summed E-state index contributed by atoms with van der Waals surface area (Å²) in [7, 11) is 0. The number of hydrogen-bond donors (Lipinski definition) is 0. The molecule has 0 radical (unpaired) electrons. The summed E-state index contributed by atoms with van der Waals surface area (Å²) < 4.78 is 13.3. The Hall–Kier alpha value is -8.62. The predicted molar refractivity (Wildman–Crippen MR) is 246 cm³/mol. The lowest BCUT2D eigenvalue weighted by Gasteiger charge is -2.11. The SMILES string of the molecule is c1ccc(-c2nc(-c3ccccc3)nc(-c3cccc4oc5ccc(-c6ccc(-c7nc(-c8ccccc8)nc(-c8ccccc8)n7)c7c6oc6ccccc67)cc5c34)n2)cc1. The van der Waals surface area contributed by atoms with Crippen LogP contribution in [0.25, 0.3) is 123 Å². The number of benzene rings is 8. The van der Waals surface area contributed by atoms with E-state index in [4.69, 9.17) is 38.7 Å². The van der Waals surface area contributed by atoms with Gasteiger partial charge in [-0.15, -0.1) is 0 Å². The van der Waals surface area contributed by atoms with Gasteiger partial charge in [0.15, 0.2) is 34.9 Å². The highest BCUT2D eigenvalue weighted by Crippen LogP contribution is 2.44. The van der Waals surface area contributed by atoms with Crippen molar-refractivity contribution in [2.75, 3.05) is 0 Å². The van der Waals surface area contributed by atoms with E-state index in [1.807, 2.05) is 158 Å². The Morgan fingerprint density at radius 3 is 1.24 bits per heavy atom. The average Bonchev–Trinajstić information content (AvgIpc) is 3.93. The number of nitrogens with zero attached hydrogens (tertiary/aromatic N) is 6. The molecule has 62 heavy (non-hydrogen) atoms. The quantitative estimate of drug-likeness (QED) is 0.157. The lowest BCUT2D eigenvalue weighted by Crippen LogP contribution is -2.00. The van der Waals surface area contributed by atoms with E-state index in [1.54, 1.807) is 0 Å². The van der Waals surface area contributed by atoms with Crippen molar-refractivity contribution in [3.05, 3.63) is 194 Å². The van der Waals surface area contributed by atoms with Gasteiger partial charge in [-0.2, -0.15) is 0 Å². The van der Waals surface area contributed by atoms with Crippen molar-refractivity contribution in [1.29, 1.82) is 0 Å². The van der Waals surface area contributed by atoms with Gasteiger partial charge in [0, 0.05) is 60.5 Å². The highest BCUT2D eigenvalue weighted by Gasteiger charge is 2.23. The van der Waals surface area contributed by atoms with Crippen LogP contribution in [0.4, 0.5) is 0 Å². The minimum Gasteiger partial charge on any atom is -0.456 e. The maximum atomic E-state index is 6.79. The summed E-state index contributed by atoms with van der Waals surface area (Å²) in [6, 6.07) is 64.7. The van der Waals surface area contributed by atoms with Gasteiger partial charge in [-0.3, -0.25) is 0 Å². The van der Waals surface area contributed by atoms with E-state index < -0.39 is 0 Å². The maximum Gasteiger partial charge on any atom is 0.164 e. The third-order valence-electron chi connectivity index (χ3n) is 11.2. The summed E-state index contributed by atoms with van der Waals surface area (Å²) in [5.74, 6) is 3.50. The molecule has 4 heterocycles. The monoisotopic (exact) mass is 796 g/mol. The van der Waals surface area contributed by atoms with E-state index in [2.05, 4.69) is 36.4 Å². The topological polar surface area (TPSA) is 104 Å². The molecule has 0 aliphatic rings. The van der Waals surface area contributed by atoms with E-state index in [9.17, 15) is 0 Å². The van der Waals surface area contributed by atoms with Crippen molar-refractivity contribution in [1.82, 2.24) is 29.9 Å². The average molecular weight is 797 g/mol. The summed E-state index contributed by atoms with van der Waals surface area (Å²) in [4.78, 5) is 30.2. The highest BCUT2D eigenvalue weighted by molar-refractivity contribution is 6.17. The molecule has 8 heteroatoms. The Morgan fingerprint density at radius 1 is 0.258 bits per heavy atom. The molecule has 12 rings (SSSR count). The normalized spacial score (nSPS) is 11.5. The summed E-state index contributed by atoms with van der Waals surface area (Å²) in [6.45, 7) is 0. The molecular formula is C54H32N6O2. The number of aromatic nitrogens is 6. The molecule has 290 valence electrons. The molecule has 0 aliphatic heterocycles. The van der Waals surface area contributed by atoms with E-state index in [1.165, 1.54) is 0 Å². The van der Waals surface area contributed by atoms with E-state index in [-0.39, 0.29) is 0 Å². The van der Waals surface area contributed by atoms with Crippen molar-refractivity contribution in [2.45, 2.75) is 0 Å². The standard InChI is InChI=1S/C54H32N6O2/c1-5-16-33(17-6-1)49-55-50(34-18-7-2-8-19-34)58-53(57-49)40-25-15-27-45-46(40)42-32-37(28-31-44(42)61-45)38-29-30-41(47-39-24-13-14-26-43(39)62-48(38)47)54-59-51(35-20-9-3-10-21-35)56-52(60-54)36-22-11-4-12-23-36/h1-32H. The number of hydrogen-bond acceptors (Lipinski definition) is 8. The number of rotatable bonds is 7. The first-order valence-electron chi connectivity index (χ1n) is 20.4. The summed E-state index contributed by atoms with van der Waals surface area (Å²) in [6.07, 6.45) is 0. The molecule has 0 bridgehead atoms. The fourth-order valence-corrected chi connectivity index (χ4v) is 8.28. The maximum absolute atomic E-state index is 6.79. The molecule has 0 amide bonds. The van der Waals surface area contributed by atoms with E-state index in [0.717, 1.165) is 88.4 Å². The van der Waals surface area contributed by atoms with E-state index in [0.29, 0.717) is 34.9 Å². The summed E-state index contributed by atoms with van der Waals surface area (Å²) in [5, 5.41) is 3.74. The van der Waals surface area contributed by atoms with Crippen LogP contribution in [0.5, 0.6) is 0 Å². The van der Waals surface area contributed by atoms with Crippen LogP contribution in [0.1, 0.15) is 0 Å². The van der Waals surface area contributed by atoms with Gasteiger partial charge in [0.1, 0.15) is 22.3 Å². The van der Waals surface area contributed by atoms with E-state index >= 15 is 0 Å². The molecule has 0 N–H and O–H groups in total. The lowest BCUT2D eigenvalue weighted by molar-refractivity contribution is 0.668. The van der Waals surface area contributed by atoms with Crippen LogP contribution in [0, 0.1) is 0 Å². The Bertz CT molecular complexity index is 3510. The molecule has 0 fully saturated rings. The third-order valence-corrected chi connectivity index (χ3v) is 11.2. The molecule has 8 aromatic carbocycles. The molecule has 0 saturated heterocycles. The molecule has 4 aromatic heterocycles. The Kier molecular flexibility index (Phi) is 8.31. The van der Waals surface area contributed by atoms with Crippen LogP contribution in [0.15, 0.2) is 203 Å². The zero-order chi connectivity index (χ0) is 41.0. The van der Waals surface area contributed by atoms with Crippen LogP contribution in [-0.4, -0.2) is 29.9 Å². The first-order valence-corrected chi connectivity index (χ1v) is 20.4. The third kappa shape index (κ3) is 6.09. The minimum absolute atomic E-state index is 0.558. The van der Waals surface area contributed by atoms with Crippen LogP contribution in [0.2, 0.25) is 0 Å². The first kappa shape index (κ1) is 35.3. The molecule has 0 atom stereocenters. The van der Waals surface area contributed by atoms with Crippen molar-refractivity contribution < 1.29 is 8.83 Å². The van der Waals surface area contributed by atoms with Crippen molar-refractivity contribution in [2.24, 2.45) is 0 Å². The molecule has 12 aromatic rings. The van der Waals surface area contributed by atoms with Gasteiger partial charge in [0.2, 0.25) is 0 Å². The van der Waals surface area contributed by atoms with Crippen molar-refractivity contribution >= 4 is 43.9 Å². The smallest absolute Gasteiger partial charge is 0.164 e. The van der Waals surface area contributed by atoms with Gasteiger partial charge in [0.05, 0.1) is 0 Å². The summed E-state index contributed by atoms with van der Waals surface area (Å²) in [5.41, 5.74) is 10.2. The number of para-hydroxylation sites is 1. The van der Waals surface area contributed by atoms with Crippen LogP contribution in [-0.2, 0) is 0 Å². The fraction of sp³-hybridized carbons (Fsp3) is 0. The van der Waals surface area contributed by atoms with Gasteiger partial charge in [-0.25, -0.2) is 29.9 Å². The molecule has 0 aliphatic carbocycles. The van der Waals surface area contributed by atoms with Crippen molar-refractivity contribution in [3.8, 4) is 79.5 Å². The van der Waals surface area contributed by atoms with Gasteiger partial charge in [0.25, 0.3) is 0 Å². The molecule has 8 nitrogen and oxygen atoms in total. The second-order valence-corrected chi connectivity index (χ2v) is 15.0. The van der Waals surface area contributed by atoms with Gasteiger partial charge >= 0.3 is 0 Å². The van der Waals surface area contributed by atoms with Gasteiger partial charge in [-0.05, 0) is 42.0 Å². The number of furan rings is 2. The van der Waals surface area contributed by atoms with Crippen LogP contribution >= 0.6 is 0 Å². The van der Waals surface area contributed by atoms with Crippen LogP contribution < -0.4 is 0 Å². The second-order valence-electron chi connectivity index (χ2n) is 15.0. The highest BCUT2D eigenvalue weighted by atomic mass is 16.3. The fourth-order valence-electron chi connectivity index (χ4n) is 8.28. The van der Waals surface area contributed by atoms with Crippen molar-refractivity contribution in [3.63, 3.8) is 0 Å². The van der Waals surface area contributed by atoms with Crippen LogP contribution in [0.3, 0.4) is 0 Å². The Morgan fingerprint density at radius 2 is 0.694 bits per heavy atom. The molecule has 0 saturated carbocycles. The number of fused-ring (bicyclic) bond motifs is 6. The zero-order valence-corrected chi connectivity index (χ0v) is 33.0.